The molecule has 0 spiro atoms. The number of amides is 2. The van der Waals surface area contributed by atoms with Crippen LogP contribution in [0.15, 0.2) is 48.5 Å². The summed E-state index contributed by atoms with van der Waals surface area (Å²) < 4.78 is 5.68. The number of carbonyl (C=O) groups excluding carboxylic acids is 2. The molecule has 2 N–H and O–H groups in total. The van der Waals surface area contributed by atoms with Crippen molar-refractivity contribution >= 4 is 11.8 Å². The zero-order valence-corrected chi connectivity index (χ0v) is 14.7. The Morgan fingerprint density at radius 1 is 1.04 bits per heavy atom. The van der Waals surface area contributed by atoms with Crippen LogP contribution in [-0.4, -0.2) is 25.5 Å². The van der Waals surface area contributed by atoms with E-state index < -0.39 is 0 Å². The first kappa shape index (κ1) is 18.5. The third-order valence-corrected chi connectivity index (χ3v) is 3.83. The number of hydrogen-bond donors (Lipinski definition) is 2. The van der Waals surface area contributed by atoms with Gasteiger partial charge in [0.15, 0.2) is 0 Å². The standard InChI is InChI=1S/C20H24N2O3/c1-15-6-3-4-7-18(15)25-13-5-8-19(23)22-14-16-9-11-17(12-10-16)20(24)21-2/h3-4,6-7,9-12H,5,8,13-14H2,1-2H3,(H,21,24)(H,22,23). The summed E-state index contributed by atoms with van der Waals surface area (Å²) in [6, 6.07) is 15.0. The van der Waals surface area contributed by atoms with Crippen LogP contribution >= 0.6 is 0 Å². The predicted molar refractivity (Wildman–Crippen MR) is 97.6 cm³/mol. The summed E-state index contributed by atoms with van der Waals surface area (Å²) in [5.74, 6) is 0.729. The number of ether oxygens (including phenoxy) is 1. The van der Waals surface area contributed by atoms with Crippen molar-refractivity contribution in [2.24, 2.45) is 0 Å². The first-order valence-electron chi connectivity index (χ1n) is 8.36. The average Bonchev–Trinajstić information content (AvgIpc) is 2.64. The maximum atomic E-state index is 11.9. The van der Waals surface area contributed by atoms with Crippen LogP contribution in [0.3, 0.4) is 0 Å². The maximum Gasteiger partial charge on any atom is 0.251 e. The van der Waals surface area contributed by atoms with Gasteiger partial charge in [0, 0.05) is 25.6 Å². The SMILES string of the molecule is CNC(=O)c1ccc(CNC(=O)CCCOc2ccccc2C)cc1. The summed E-state index contributed by atoms with van der Waals surface area (Å²) in [5, 5.41) is 5.45. The molecule has 0 fully saturated rings. The Kier molecular flexibility index (Phi) is 7.01. The number of rotatable bonds is 8. The smallest absolute Gasteiger partial charge is 0.251 e. The molecule has 0 radical (unpaired) electrons. The van der Waals surface area contributed by atoms with Gasteiger partial charge in [-0.05, 0) is 42.7 Å². The second-order valence-corrected chi connectivity index (χ2v) is 5.77. The van der Waals surface area contributed by atoms with Crippen LogP contribution in [0.25, 0.3) is 0 Å². The Morgan fingerprint density at radius 2 is 1.76 bits per heavy atom. The summed E-state index contributed by atoms with van der Waals surface area (Å²) in [6.07, 6.45) is 1.08. The number of benzene rings is 2. The van der Waals surface area contributed by atoms with Crippen molar-refractivity contribution in [2.45, 2.75) is 26.3 Å². The van der Waals surface area contributed by atoms with Gasteiger partial charge in [-0.2, -0.15) is 0 Å². The average molecular weight is 340 g/mol. The molecule has 0 heterocycles. The molecular weight excluding hydrogens is 316 g/mol. The lowest BCUT2D eigenvalue weighted by Crippen LogP contribution is -2.23. The zero-order valence-electron chi connectivity index (χ0n) is 14.7. The molecule has 5 nitrogen and oxygen atoms in total. The lowest BCUT2D eigenvalue weighted by molar-refractivity contribution is -0.121. The van der Waals surface area contributed by atoms with E-state index >= 15 is 0 Å². The zero-order chi connectivity index (χ0) is 18.1. The first-order chi connectivity index (χ1) is 12.1. The molecule has 0 saturated heterocycles. The molecule has 0 unspecified atom stereocenters. The maximum absolute atomic E-state index is 11.9. The van der Waals surface area contributed by atoms with Gasteiger partial charge in [0.05, 0.1) is 6.61 Å². The van der Waals surface area contributed by atoms with Crippen LogP contribution in [0.2, 0.25) is 0 Å². The second-order valence-electron chi connectivity index (χ2n) is 5.77. The van der Waals surface area contributed by atoms with E-state index in [4.69, 9.17) is 4.74 Å². The minimum absolute atomic E-state index is 0.0104. The van der Waals surface area contributed by atoms with E-state index in [1.807, 2.05) is 43.3 Å². The lowest BCUT2D eigenvalue weighted by Gasteiger charge is -2.09. The van der Waals surface area contributed by atoms with E-state index in [0.29, 0.717) is 31.6 Å². The van der Waals surface area contributed by atoms with Crippen molar-refractivity contribution in [1.82, 2.24) is 10.6 Å². The Hall–Kier alpha value is -2.82. The molecule has 2 aromatic rings. The monoisotopic (exact) mass is 340 g/mol. The molecule has 25 heavy (non-hydrogen) atoms. The van der Waals surface area contributed by atoms with Crippen LogP contribution in [0.5, 0.6) is 5.75 Å². The van der Waals surface area contributed by atoms with Crippen molar-refractivity contribution in [1.29, 1.82) is 0 Å². The number of para-hydroxylation sites is 1. The third-order valence-electron chi connectivity index (χ3n) is 3.83. The van der Waals surface area contributed by atoms with Crippen LogP contribution in [-0.2, 0) is 11.3 Å². The van der Waals surface area contributed by atoms with Gasteiger partial charge < -0.3 is 15.4 Å². The number of aryl methyl sites for hydroxylation is 1. The highest BCUT2D eigenvalue weighted by Crippen LogP contribution is 2.16. The molecule has 0 atom stereocenters. The topological polar surface area (TPSA) is 67.4 Å². The minimum atomic E-state index is -0.121. The molecule has 5 heteroatoms. The number of nitrogens with one attached hydrogen (secondary N) is 2. The van der Waals surface area contributed by atoms with E-state index in [2.05, 4.69) is 10.6 Å². The van der Waals surface area contributed by atoms with Crippen molar-refractivity contribution in [2.75, 3.05) is 13.7 Å². The highest BCUT2D eigenvalue weighted by Gasteiger charge is 2.05. The molecule has 0 aliphatic heterocycles. The fraction of sp³-hybridized carbons (Fsp3) is 0.300. The molecule has 2 rings (SSSR count). The van der Waals surface area contributed by atoms with Gasteiger partial charge in [0.25, 0.3) is 5.91 Å². The fourth-order valence-electron chi connectivity index (χ4n) is 2.34. The quantitative estimate of drug-likeness (QED) is 0.726. The summed E-state index contributed by atoms with van der Waals surface area (Å²) in [7, 11) is 1.60. The van der Waals surface area contributed by atoms with Crippen LogP contribution in [0.4, 0.5) is 0 Å². The van der Waals surface area contributed by atoms with E-state index in [1.54, 1.807) is 19.2 Å². The number of hydrogen-bond acceptors (Lipinski definition) is 3. The van der Waals surface area contributed by atoms with E-state index in [0.717, 1.165) is 16.9 Å². The summed E-state index contributed by atoms with van der Waals surface area (Å²) >= 11 is 0. The molecule has 0 saturated carbocycles. The van der Waals surface area contributed by atoms with Gasteiger partial charge in [0.2, 0.25) is 5.91 Å². The Balaban J connectivity index is 1.67. The number of carbonyl (C=O) groups is 2. The predicted octanol–water partition coefficient (Wildman–Crippen LogP) is 2.83. The van der Waals surface area contributed by atoms with Gasteiger partial charge in [-0.3, -0.25) is 9.59 Å². The van der Waals surface area contributed by atoms with E-state index in [-0.39, 0.29) is 11.8 Å². The molecule has 0 bridgehead atoms. The lowest BCUT2D eigenvalue weighted by atomic mass is 10.1. The van der Waals surface area contributed by atoms with Crippen LogP contribution < -0.4 is 15.4 Å². The molecule has 0 aromatic heterocycles. The highest BCUT2D eigenvalue weighted by atomic mass is 16.5. The van der Waals surface area contributed by atoms with Crippen LogP contribution in [0, 0.1) is 6.92 Å². The van der Waals surface area contributed by atoms with Gasteiger partial charge in [0.1, 0.15) is 5.75 Å². The van der Waals surface area contributed by atoms with Gasteiger partial charge in [-0.1, -0.05) is 30.3 Å². The Morgan fingerprint density at radius 3 is 2.44 bits per heavy atom. The fourth-order valence-corrected chi connectivity index (χ4v) is 2.34. The van der Waals surface area contributed by atoms with E-state index in [1.165, 1.54) is 0 Å². The van der Waals surface area contributed by atoms with Crippen molar-refractivity contribution < 1.29 is 14.3 Å². The Bertz CT molecular complexity index is 711. The van der Waals surface area contributed by atoms with Gasteiger partial charge in [-0.15, -0.1) is 0 Å². The van der Waals surface area contributed by atoms with E-state index in [9.17, 15) is 9.59 Å². The molecular formula is C20H24N2O3. The van der Waals surface area contributed by atoms with Gasteiger partial charge >= 0.3 is 0 Å². The molecule has 0 aliphatic rings. The van der Waals surface area contributed by atoms with Gasteiger partial charge in [-0.25, -0.2) is 0 Å². The molecule has 2 amide bonds. The Labute approximate surface area is 148 Å². The van der Waals surface area contributed by atoms with Crippen LogP contribution in [0.1, 0.15) is 34.3 Å². The van der Waals surface area contributed by atoms with Crippen molar-refractivity contribution in [3.63, 3.8) is 0 Å². The molecule has 132 valence electrons. The molecule has 0 aliphatic carbocycles. The summed E-state index contributed by atoms with van der Waals surface area (Å²) in [5.41, 5.74) is 2.65. The van der Waals surface area contributed by atoms with Crippen molar-refractivity contribution in [3.05, 3.63) is 65.2 Å². The summed E-state index contributed by atoms with van der Waals surface area (Å²) in [6.45, 7) is 2.96. The summed E-state index contributed by atoms with van der Waals surface area (Å²) in [4.78, 5) is 23.4. The largest absolute Gasteiger partial charge is 0.493 e. The third kappa shape index (κ3) is 5.95. The normalized spacial score (nSPS) is 10.2. The van der Waals surface area contributed by atoms with Crippen molar-refractivity contribution in [3.8, 4) is 5.75 Å². The minimum Gasteiger partial charge on any atom is -0.493 e. The molecule has 2 aromatic carbocycles. The highest BCUT2D eigenvalue weighted by molar-refractivity contribution is 5.93. The first-order valence-corrected chi connectivity index (χ1v) is 8.36. The second kappa shape index (κ2) is 9.47.